The van der Waals surface area contributed by atoms with Crippen LogP contribution >= 0.6 is 0 Å². The molecule has 6 heteroatoms. The predicted molar refractivity (Wildman–Crippen MR) is 124 cm³/mol. The van der Waals surface area contributed by atoms with Crippen molar-refractivity contribution in [3.05, 3.63) is 82.5 Å². The Labute approximate surface area is 181 Å². The lowest BCUT2D eigenvalue weighted by molar-refractivity contribution is 0.152. The second-order valence-corrected chi connectivity index (χ2v) is 8.12. The fourth-order valence-corrected chi connectivity index (χ4v) is 4.22. The van der Waals surface area contributed by atoms with Gasteiger partial charge in [0.05, 0.1) is 25.0 Å². The van der Waals surface area contributed by atoms with Gasteiger partial charge in [-0.05, 0) is 36.6 Å². The van der Waals surface area contributed by atoms with E-state index in [9.17, 15) is 4.79 Å². The van der Waals surface area contributed by atoms with Crippen LogP contribution in [-0.4, -0.2) is 40.8 Å². The van der Waals surface area contributed by atoms with Gasteiger partial charge in [0, 0.05) is 49.1 Å². The summed E-state index contributed by atoms with van der Waals surface area (Å²) in [7, 11) is 0. The molecule has 0 saturated carbocycles. The van der Waals surface area contributed by atoms with Gasteiger partial charge >= 0.3 is 0 Å². The van der Waals surface area contributed by atoms with Crippen molar-refractivity contribution in [2.24, 2.45) is 0 Å². The lowest BCUT2D eigenvalue weighted by Crippen LogP contribution is -2.25. The number of nitrogens with zero attached hydrogens (tertiary/aromatic N) is 3. The SMILES string of the molecule is Cc1cccc(Cn2ccc(-c3c[nH]c4ncc(N5CCCOCC5)cc34)cc2=O)c1. The quantitative estimate of drug-likeness (QED) is 0.549. The molecule has 1 aliphatic rings. The molecule has 1 aromatic carbocycles. The van der Waals surface area contributed by atoms with E-state index in [1.54, 1.807) is 10.6 Å². The van der Waals surface area contributed by atoms with Crippen LogP contribution in [0.3, 0.4) is 0 Å². The number of hydrogen-bond donors (Lipinski definition) is 1. The number of benzene rings is 1. The monoisotopic (exact) mass is 414 g/mol. The molecule has 3 aromatic heterocycles. The van der Waals surface area contributed by atoms with Crippen LogP contribution in [0.5, 0.6) is 0 Å². The fourth-order valence-electron chi connectivity index (χ4n) is 4.22. The van der Waals surface area contributed by atoms with Gasteiger partial charge in [0.1, 0.15) is 5.65 Å². The first-order valence-corrected chi connectivity index (χ1v) is 10.7. The minimum absolute atomic E-state index is 0.0119. The van der Waals surface area contributed by atoms with Gasteiger partial charge in [-0.2, -0.15) is 0 Å². The van der Waals surface area contributed by atoms with E-state index < -0.39 is 0 Å². The molecular weight excluding hydrogens is 388 g/mol. The first-order valence-electron chi connectivity index (χ1n) is 10.7. The maximum absolute atomic E-state index is 12.8. The lowest BCUT2D eigenvalue weighted by atomic mass is 10.1. The van der Waals surface area contributed by atoms with Crippen LogP contribution in [0.1, 0.15) is 17.5 Å². The second-order valence-electron chi connectivity index (χ2n) is 8.12. The Morgan fingerprint density at radius 1 is 1.13 bits per heavy atom. The van der Waals surface area contributed by atoms with E-state index in [0.717, 1.165) is 66.1 Å². The summed E-state index contributed by atoms with van der Waals surface area (Å²) in [4.78, 5) is 23.0. The van der Waals surface area contributed by atoms with Crippen molar-refractivity contribution < 1.29 is 4.74 Å². The highest BCUT2D eigenvalue weighted by atomic mass is 16.5. The number of nitrogens with one attached hydrogen (secondary N) is 1. The first kappa shape index (κ1) is 19.6. The summed E-state index contributed by atoms with van der Waals surface area (Å²) in [6.45, 7) is 5.99. The van der Waals surface area contributed by atoms with Crippen molar-refractivity contribution in [2.75, 3.05) is 31.2 Å². The third kappa shape index (κ3) is 4.11. The number of aromatic nitrogens is 3. The van der Waals surface area contributed by atoms with Gasteiger partial charge in [-0.15, -0.1) is 0 Å². The highest BCUT2D eigenvalue weighted by Crippen LogP contribution is 2.30. The molecule has 1 saturated heterocycles. The average molecular weight is 415 g/mol. The smallest absolute Gasteiger partial charge is 0.251 e. The van der Waals surface area contributed by atoms with E-state index in [4.69, 9.17) is 4.74 Å². The molecule has 158 valence electrons. The van der Waals surface area contributed by atoms with Crippen LogP contribution in [-0.2, 0) is 11.3 Å². The van der Waals surface area contributed by atoms with E-state index >= 15 is 0 Å². The molecule has 0 radical (unpaired) electrons. The summed E-state index contributed by atoms with van der Waals surface area (Å²) in [6, 6.07) is 14.1. The number of H-pyrrole nitrogens is 1. The minimum Gasteiger partial charge on any atom is -0.380 e. The molecule has 4 aromatic rings. The molecule has 0 unspecified atom stereocenters. The van der Waals surface area contributed by atoms with Crippen LogP contribution in [0.25, 0.3) is 22.2 Å². The van der Waals surface area contributed by atoms with Gasteiger partial charge in [0.15, 0.2) is 0 Å². The van der Waals surface area contributed by atoms with Crippen LogP contribution in [0.2, 0.25) is 0 Å². The van der Waals surface area contributed by atoms with Crippen LogP contribution in [0.15, 0.2) is 65.8 Å². The van der Waals surface area contributed by atoms with Gasteiger partial charge in [-0.1, -0.05) is 29.8 Å². The largest absolute Gasteiger partial charge is 0.380 e. The number of rotatable bonds is 4. The Morgan fingerprint density at radius 2 is 2.06 bits per heavy atom. The molecule has 0 atom stereocenters. The van der Waals surface area contributed by atoms with E-state index in [-0.39, 0.29) is 5.56 Å². The Balaban J connectivity index is 1.46. The van der Waals surface area contributed by atoms with Crippen LogP contribution in [0, 0.1) is 6.92 Å². The number of ether oxygens (including phenoxy) is 1. The maximum Gasteiger partial charge on any atom is 0.251 e. The summed E-state index contributed by atoms with van der Waals surface area (Å²) >= 11 is 0. The molecule has 6 nitrogen and oxygen atoms in total. The van der Waals surface area contributed by atoms with E-state index in [1.165, 1.54) is 5.56 Å². The summed E-state index contributed by atoms with van der Waals surface area (Å²) in [6.07, 6.45) is 6.74. The van der Waals surface area contributed by atoms with Gasteiger partial charge in [0.25, 0.3) is 5.56 Å². The van der Waals surface area contributed by atoms with Crippen molar-refractivity contribution >= 4 is 16.7 Å². The zero-order valence-corrected chi connectivity index (χ0v) is 17.7. The topological polar surface area (TPSA) is 63.1 Å². The Kier molecular flexibility index (Phi) is 5.30. The first-order chi connectivity index (χ1) is 15.2. The standard InChI is InChI=1S/C25H26N4O2/c1-18-4-2-5-19(12-18)17-29-8-6-20(13-24(29)30)23-16-27-25-22(23)14-21(15-26-25)28-7-3-10-31-11-9-28/h2,4-6,8,12-16H,3,7,9-11,17H2,1H3,(H,26,27). The Morgan fingerprint density at radius 3 is 2.94 bits per heavy atom. The van der Waals surface area contributed by atoms with Crippen molar-refractivity contribution in [1.82, 2.24) is 14.5 Å². The van der Waals surface area contributed by atoms with Crippen molar-refractivity contribution in [2.45, 2.75) is 19.9 Å². The summed E-state index contributed by atoms with van der Waals surface area (Å²) in [5.74, 6) is 0. The second kappa shape index (κ2) is 8.40. The Hall–Kier alpha value is -3.38. The minimum atomic E-state index is -0.0119. The molecule has 1 N–H and O–H groups in total. The van der Waals surface area contributed by atoms with E-state index in [1.807, 2.05) is 36.8 Å². The number of anilines is 1. The highest BCUT2D eigenvalue weighted by Gasteiger charge is 2.14. The molecule has 0 bridgehead atoms. The van der Waals surface area contributed by atoms with E-state index in [2.05, 4.69) is 40.0 Å². The molecular formula is C25H26N4O2. The molecule has 5 rings (SSSR count). The lowest BCUT2D eigenvalue weighted by Gasteiger charge is -2.21. The molecule has 0 aliphatic carbocycles. The fraction of sp³-hybridized carbons (Fsp3) is 0.280. The number of pyridine rings is 2. The molecule has 1 fully saturated rings. The molecule has 1 aliphatic heterocycles. The van der Waals surface area contributed by atoms with Gasteiger partial charge in [0.2, 0.25) is 0 Å². The van der Waals surface area contributed by atoms with Gasteiger partial charge in [-0.3, -0.25) is 4.79 Å². The third-order valence-electron chi connectivity index (χ3n) is 5.85. The molecule has 0 spiro atoms. The molecule has 4 heterocycles. The normalized spacial score (nSPS) is 14.7. The van der Waals surface area contributed by atoms with Crippen LogP contribution < -0.4 is 10.5 Å². The van der Waals surface area contributed by atoms with Gasteiger partial charge in [-0.25, -0.2) is 4.98 Å². The number of aryl methyl sites for hydroxylation is 1. The zero-order chi connectivity index (χ0) is 21.2. The van der Waals surface area contributed by atoms with E-state index in [0.29, 0.717) is 6.54 Å². The molecule has 31 heavy (non-hydrogen) atoms. The van der Waals surface area contributed by atoms with Gasteiger partial charge < -0.3 is 19.2 Å². The maximum atomic E-state index is 12.8. The Bertz CT molecular complexity index is 1270. The summed E-state index contributed by atoms with van der Waals surface area (Å²) in [5, 5.41) is 1.03. The zero-order valence-electron chi connectivity index (χ0n) is 17.7. The predicted octanol–water partition coefficient (Wildman–Crippen LogP) is 3.98. The van der Waals surface area contributed by atoms with Crippen molar-refractivity contribution in [3.63, 3.8) is 0 Å². The summed E-state index contributed by atoms with van der Waals surface area (Å²) < 4.78 is 7.32. The number of hydrogen-bond acceptors (Lipinski definition) is 4. The third-order valence-corrected chi connectivity index (χ3v) is 5.85. The number of aromatic amines is 1. The average Bonchev–Trinajstić information content (AvgIpc) is 3.00. The highest BCUT2D eigenvalue weighted by molar-refractivity contribution is 5.95. The number of fused-ring (bicyclic) bond motifs is 1. The van der Waals surface area contributed by atoms with Crippen LogP contribution in [0.4, 0.5) is 5.69 Å². The molecule has 0 amide bonds. The van der Waals surface area contributed by atoms with Crippen molar-refractivity contribution in [3.8, 4) is 11.1 Å². The van der Waals surface area contributed by atoms with Crippen molar-refractivity contribution in [1.29, 1.82) is 0 Å². The summed E-state index contributed by atoms with van der Waals surface area (Å²) in [5.41, 5.74) is 6.12.